The molecule has 0 aromatic heterocycles. The van der Waals surface area contributed by atoms with Gasteiger partial charge in [0.2, 0.25) is 5.91 Å². The van der Waals surface area contributed by atoms with Gasteiger partial charge in [0.1, 0.15) is 24.4 Å². The van der Waals surface area contributed by atoms with Crippen molar-refractivity contribution in [2.24, 2.45) is 0 Å². The van der Waals surface area contributed by atoms with Gasteiger partial charge in [0.25, 0.3) is 0 Å². The first kappa shape index (κ1) is 92.9. The molecule has 0 bridgehead atoms. The van der Waals surface area contributed by atoms with Crippen LogP contribution in [0.1, 0.15) is 438 Å². The van der Waals surface area contributed by atoms with E-state index in [4.69, 9.17) is 14.2 Å². The molecule has 11 nitrogen and oxygen atoms in total. The summed E-state index contributed by atoms with van der Waals surface area (Å²) >= 11 is 0. The third kappa shape index (κ3) is 63.3. The molecule has 0 aromatic rings. The van der Waals surface area contributed by atoms with Crippen LogP contribution in [0, 0.1) is 0 Å². The molecule has 1 aliphatic rings. The average molecular weight is 1370 g/mol. The van der Waals surface area contributed by atoms with E-state index in [0.717, 1.165) is 70.6 Å². The third-order valence-electron chi connectivity index (χ3n) is 20.5. The highest BCUT2D eigenvalue weighted by atomic mass is 16.7. The average Bonchev–Trinajstić information content (AvgIpc) is 0.869. The van der Waals surface area contributed by atoms with Crippen molar-refractivity contribution in [2.75, 3.05) is 19.8 Å². The van der Waals surface area contributed by atoms with Crippen LogP contribution in [0.15, 0.2) is 36.5 Å². The summed E-state index contributed by atoms with van der Waals surface area (Å²) in [5, 5.41) is 54.4. The van der Waals surface area contributed by atoms with Crippen molar-refractivity contribution in [2.45, 2.75) is 480 Å². The van der Waals surface area contributed by atoms with E-state index in [9.17, 15) is 35.1 Å². The number of esters is 1. The molecule has 0 saturated carbocycles. The summed E-state index contributed by atoms with van der Waals surface area (Å²) < 4.78 is 16.8. The summed E-state index contributed by atoms with van der Waals surface area (Å²) in [7, 11) is 0. The lowest BCUT2D eigenvalue weighted by Gasteiger charge is -2.40. The zero-order chi connectivity index (χ0) is 70.1. The van der Waals surface area contributed by atoms with Gasteiger partial charge in [-0.2, -0.15) is 0 Å². The van der Waals surface area contributed by atoms with Gasteiger partial charge in [-0.05, 0) is 51.4 Å². The van der Waals surface area contributed by atoms with Gasteiger partial charge in [-0.15, -0.1) is 0 Å². The van der Waals surface area contributed by atoms with Crippen LogP contribution in [0.5, 0.6) is 0 Å². The maximum atomic E-state index is 13.1. The molecule has 97 heavy (non-hydrogen) atoms. The van der Waals surface area contributed by atoms with E-state index in [1.165, 1.54) is 340 Å². The molecule has 1 amide bonds. The summed E-state index contributed by atoms with van der Waals surface area (Å²) in [5.41, 5.74) is 0. The Hall–Kier alpha value is -2.12. The van der Waals surface area contributed by atoms with Crippen LogP contribution >= 0.6 is 0 Å². The van der Waals surface area contributed by atoms with Crippen molar-refractivity contribution >= 4 is 11.9 Å². The smallest absolute Gasteiger partial charge is 0.305 e. The fourth-order valence-electron chi connectivity index (χ4n) is 13.8. The van der Waals surface area contributed by atoms with Gasteiger partial charge in [-0.25, -0.2) is 0 Å². The van der Waals surface area contributed by atoms with Crippen molar-refractivity contribution in [3.63, 3.8) is 0 Å². The highest BCUT2D eigenvalue weighted by molar-refractivity contribution is 5.76. The zero-order valence-electron chi connectivity index (χ0n) is 64.1. The molecule has 1 fully saturated rings. The Bertz CT molecular complexity index is 1710. The number of hydrogen-bond acceptors (Lipinski definition) is 10. The first-order valence-electron chi connectivity index (χ1n) is 42.8. The van der Waals surface area contributed by atoms with Gasteiger partial charge >= 0.3 is 5.97 Å². The predicted molar refractivity (Wildman–Crippen MR) is 412 cm³/mol. The molecule has 1 rings (SSSR count). The van der Waals surface area contributed by atoms with Gasteiger partial charge < -0.3 is 45.1 Å². The normalized spacial score (nSPS) is 17.4. The van der Waals surface area contributed by atoms with Crippen LogP contribution in [0.4, 0.5) is 0 Å². The minimum absolute atomic E-state index is 0.0238. The number of allylic oxidation sites excluding steroid dienone is 5. The second-order valence-electron chi connectivity index (χ2n) is 29.9. The lowest BCUT2D eigenvalue weighted by molar-refractivity contribution is -0.302. The largest absolute Gasteiger partial charge is 0.466 e. The molecule has 0 aliphatic carbocycles. The van der Waals surface area contributed by atoms with Gasteiger partial charge in [-0.1, -0.05) is 410 Å². The number of nitrogens with one attached hydrogen (secondary N) is 1. The number of amides is 1. The van der Waals surface area contributed by atoms with Crippen molar-refractivity contribution in [3.8, 4) is 0 Å². The molecule has 11 heteroatoms. The standard InChI is InChI=1S/C86H163NO10/c1-3-5-7-9-11-13-15-16-17-18-40-44-47-50-54-58-62-66-70-74-82(91)95-75-71-67-63-59-55-51-48-45-42-39-37-35-33-31-29-27-25-23-21-19-20-22-24-26-28-30-32-34-36-38-41-43-46-49-53-57-61-65-69-73-81(90)87-78(77-96-86-85(94)84(93)83(92)80(76-88)97-86)79(89)72-68-64-60-56-52-14-12-10-8-6-4-2/h8,10,52,56,68,72,78-80,83-86,88-89,92-94H,3-7,9,11-51,53-55,57-67,69-71,73-77H2,1-2H3,(H,87,90)/b10-8+,56-52+,72-68+. The quantitative estimate of drug-likeness (QED) is 0.0195. The zero-order valence-corrected chi connectivity index (χ0v) is 64.1. The topological polar surface area (TPSA) is 175 Å². The second-order valence-corrected chi connectivity index (χ2v) is 29.9. The van der Waals surface area contributed by atoms with E-state index in [1.807, 2.05) is 6.08 Å². The van der Waals surface area contributed by atoms with Crippen LogP contribution in [-0.2, 0) is 23.8 Å². The maximum absolute atomic E-state index is 13.1. The summed E-state index contributed by atoms with van der Waals surface area (Å²) in [6.45, 7) is 4.31. The van der Waals surface area contributed by atoms with E-state index in [-0.39, 0.29) is 18.5 Å². The van der Waals surface area contributed by atoms with Gasteiger partial charge in [0, 0.05) is 12.8 Å². The van der Waals surface area contributed by atoms with E-state index in [0.29, 0.717) is 19.4 Å². The van der Waals surface area contributed by atoms with Crippen LogP contribution in [0.25, 0.3) is 0 Å². The molecule has 6 N–H and O–H groups in total. The SMILES string of the molecule is CCC/C=C/CC/C=C/CC/C=C/C(O)C(COC1OC(CO)C(O)C(O)C1O)NC(=O)CCCCCCCCCCCCCCCCCCCCCCCCCCCCCCCCCCCCCCCCCOC(=O)CCCCCCCCCCCCCCCCCCCCC. The fourth-order valence-corrected chi connectivity index (χ4v) is 13.8. The van der Waals surface area contributed by atoms with E-state index in [2.05, 4.69) is 43.5 Å². The first-order chi connectivity index (χ1) is 47.7. The van der Waals surface area contributed by atoms with Crippen molar-refractivity contribution in [3.05, 3.63) is 36.5 Å². The van der Waals surface area contributed by atoms with E-state index < -0.39 is 49.5 Å². The summed E-state index contributed by atoms with van der Waals surface area (Å²) in [5.74, 6) is -0.166. The Balaban J connectivity index is 1.83. The Morgan fingerprint density at radius 3 is 1.00 bits per heavy atom. The van der Waals surface area contributed by atoms with E-state index >= 15 is 0 Å². The number of unbranched alkanes of at least 4 members (excludes halogenated alkanes) is 59. The molecule has 0 radical (unpaired) electrons. The number of carbonyl (C=O) groups excluding carboxylic acids is 2. The predicted octanol–water partition coefficient (Wildman–Crippen LogP) is 23.6. The van der Waals surface area contributed by atoms with E-state index in [1.54, 1.807) is 6.08 Å². The van der Waals surface area contributed by atoms with Crippen LogP contribution < -0.4 is 5.32 Å². The monoisotopic (exact) mass is 1370 g/mol. The first-order valence-corrected chi connectivity index (χ1v) is 42.8. The van der Waals surface area contributed by atoms with Crippen LogP contribution in [-0.4, -0.2) is 100 Å². The number of carbonyl (C=O) groups is 2. The molecular formula is C86H163NO10. The molecule has 1 saturated heterocycles. The lowest BCUT2D eigenvalue weighted by atomic mass is 9.99. The highest BCUT2D eigenvalue weighted by Gasteiger charge is 2.44. The number of rotatable bonds is 77. The Kier molecular flexibility index (Phi) is 71.9. The number of ether oxygens (including phenoxy) is 3. The summed E-state index contributed by atoms with van der Waals surface area (Å²) in [4.78, 5) is 25.2. The fraction of sp³-hybridized carbons (Fsp3) is 0.907. The van der Waals surface area contributed by atoms with Crippen LogP contribution in [0.3, 0.4) is 0 Å². The number of aliphatic hydroxyl groups excluding tert-OH is 5. The highest BCUT2D eigenvalue weighted by Crippen LogP contribution is 2.24. The van der Waals surface area contributed by atoms with Crippen LogP contribution in [0.2, 0.25) is 0 Å². The summed E-state index contributed by atoms with van der Waals surface area (Å²) in [6, 6.07) is -0.830. The third-order valence-corrected chi connectivity index (χ3v) is 20.5. The number of aliphatic hydroxyl groups is 5. The molecule has 1 heterocycles. The van der Waals surface area contributed by atoms with Crippen molar-refractivity contribution < 1.29 is 49.3 Å². The van der Waals surface area contributed by atoms with Crippen molar-refractivity contribution in [1.82, 2.24) is 5.32 Å². The second kappa shape index (κ2) is 75.1. The molecule has 0 spiro atoms. The maximum Gasteiger partial charge on any atom is 0.305 e. The molecule has 7 atom stereocenters. The molecule has 0 aromatic carbocycles. The lowest BCUT2D eigenvalue weighted by Crippen LogP contribution is -2.60. The molecular weight excluding hydrogens is 1210 g/mol. The molecule has 7 unspecified atom stereocenters. The summed E-state index contributed by atoms with van der Waals surface area (Å²) in [6.07, 6.45) is 89.4. The Labute approximate surface area is 600 Å². The molecule has 572 valence electrons. The minimum Gasteiger partial charge on any atom is -0.466 e. The molecule has 1 aliphatic heterocycles. The van der Waals surface area contributed by atoms with Gasteiger partial charge in [-0.3, -0.25) is 9.59 Å². The van der Waals surface area contributed by atoms with Gasteiger partial charge in [0.05, 0.1) is 32.0 Å². The Morgan fingerprint density at radius 1 is 0.371 bits per heavy atom. The Morgan fingerprint density at radius 2 is 0.670 bits per heavy atom. The van der Waals surface area contributed by atoms with Gasteiger partial charge in [0.15, 0.2) is 6.29 Å². The minimum atomic E-state index is -1.58. The van der Waals surface area contributed by atoms with Crippen molar-refractivity contribution in [1.29, 1.82) is 0 Å². The number of hydrogen-bond donors (Lipinski definition) is 6.